The lowest BCUT2D eigenvalue weighted by atomic mass is 10.1. The zero-order valence-electron chi connectivity index (χ0n) is 11.1. The fourth-order valence-corrected chi connectivity index (χ4v) is 1.77. The SMILES string of the molecule is Cc1ccccc1NC(=O)c1cccc(N=C(N)N)c1. The number of nitrogens with zero attached hydrogens (tertiary/aromatic N) is 1. The van der Waals surface area contributed by atoms with Crippen molar-refractivity contribution in [2.45, 2.75) is 6.92 Å². The van der Waals surface area contributed by atoms with Gasteiger partial charge >= 0.3 is 0 Å². The molecule has 0 aliphatic carbocycles. The van der Waals surface area contributed by atoms with Crippen LogP contribution < -0.4 is 16.8 Å². The van der Waals surface area contributed by atoms with Crippen molar-refractivity contribution < 1.29 is 4.79 Å². The van der Waals surface area contributed by atoms with Gasteiger partial charge in [-0.05, 0) is 36.8 Å². The van der Waals surface area contributed by atoms with Crippen LogP contribution in [-0.4, -0.2) is 11.9 Å². The first-order valence-electron chi connectivity index (χ1n) is 6.13. The molecule has 1 amide bonds. The predicted octanol–water partition coefficient (Wildman–Crippen LogP) is 2.15. The molecule has 2 rings (SSSR count). The Morgan fingerprint density at radius 3 is 2.55 bits per heavy atom. The summed E-state index contributed by atoms with van der Waals surface area (Å²) in [7, 11) is 0. The summed E-state index contributed by atoms with van der Waals surface area (Å²) in [6, 6.07) is 14.4. The van der Waals surface area contributed by atoms with Gasteiger partial charge in [0.2, 0.25) is 0 Å². The topological polar surface area (TPSA) is 93.5 Å². The molecule has 0 aromatic heterocycles. The fourth-order valence-electron chi connectivity index (χ4n) is 1.77. The number of nitrogens with one attached hydrogen (secondary N) is 1. The van der Waals surface area contributed by atoms with Crippen molar-refractivity contribution in [1.82, 2.24) is 0 Å². The second kappa shape index (κ2) is 5.88. The Kier molecular flexibility index (Phi) is 4.00. The van der Waals surface area contributed by atoms with E-state index in [1.54, 1.807) is 24.3 Å². The lowest BCUT2D eigenvalue weighted by Gasteiger charge is -2.08. The number of hydrogen-bond donors (Lipinski definition) is 3. The summed E-state index contributed by atoms with van der Waals surface area (Å²) in [5.74, 6) is -0.242. The normalized spacial score (nSPS) is 9.85. The van der Waals surface area contributed by atoms with E-state index in [0.717, 1.165) is 11.3 Å². The van der Waals surface area contributed by atoms with Crippen molar-refractivity contribution in [3.8, 4) is 0 Å². The van der Waals surface area contributed by atoms with Gasteiger partial charge in [0.15, 0.2) is 5.96 Å². The van der Waals surface area contributed by atoms with Crippen molar-refractivity contribution in [1.29, 1.82) is 0 Å². The number of anilines is 1. The molecule has 0 bridgehead atoms. The highest BCUT2D eigenvalue weighted by atomic mass is 16.1. The quantitative estimate of drug-likeness (QED) is 0.588. The van der Waals surface area contributed by atoms with Crippen LogP contribution in [0.5, 0.6) is 0 Å². The molecule has 0 atom stereocenters. The second-order valence-corrected chi connectivity index (χ2v) is 4.36. The molecule has 0 radical (unpaired) electrons. The average molecular weight is 268 g/mol. The monoisotopic (exact) mass is 268 g/mol. The summed E-state index contributed by atoms with van der Waals surface area (Å²) >= 11 is 0. The standard InChI is InChI=1S/C15H16N4O/c1-10-5-2-3-8-13(10)19-14(20)11-6-4-7-12(9-11)18-15(16)17/h2-9H,1H3,(H,19,20)(H4,16,17,18). The maximum absolute atomic E-state index is 12.2. The van der Waals surface area contributed by atoms with E-state index < -0.39 is 0 Å². The van der Waals surface area contributed by atoms with Crippen molar-refractivity contribution in [2.24, 2.45) is 16.5 Å². The van der Waals surface area contributed by atoms with Crippen LogP contribution in [0.2, 0.25) is 0 Å². The highest BCUT2D eigenvalue weighted by Gasteiger charge is 2.07. The van der Waals surface area contributed by atoms with Crippen molar-refractivity contribution in [3.05, 3.63) is 59.7 Å². The third kappa shape index (κ3) is 3.35. The number of amides is 1. The Morgan fingerprint density at radius 2 is 1.85 bits per heavy atom. The van der Waals surface area contributed by atoms with E-state index in [0.29, 0.717) is 11.3 Å². The zero-order chi connectivity index (χ0) is 14.5. The second-order valence-electron chi connectivity index (χ2n) is 4.36. The number of guanidine groups is 1. The number of carbonyl (C=O) groups is 1. The Balaban J connectivity index is 2.22. The summed E-state index contributed by atoms with van der Waals surface area (Å²) in [5, 5.41) is 2.86. The summed E-state index contributed by atoms with van der Waals surface area (Å²) < 4.78 is 0. The van der Waals surface area contributed by atoms with Gasteiger partial charge in [0.25, 0.3) is 5.91 Å². The van der Waals surface area contributed by atoms with Gasteiger partial charge in [-0.15, -0.1) is 0 Å². The molecule has 0 saturated heterocycles. The van der Waals surface area contributed by atoms with Gasteiger partial charge in [0.05, 0.1) is 5.69 Å². The van der Waals surface area contributed by atoms with Gasteiger partial charge in [-0.25, -0.2) is 4.99 Å². The number of benzene rings is 2. The molecule has 0 aliphatic rings. The molecule has 0 spiro atoms. The van der Waals surface area contributed by atoms with Crippen molar-refractivity contribution in [3.63, 3.8) is 0 Å². The third-order valence-electron chi connectivity index (χ3n) is 2.76. The van der Waals surface area contributed by atoms with Crippen LogP contribution in [0.1, 0.15) is 15.9 Å². The summed E-state index contributed by atoms with van der Waals surface area (Å²) in [6.07, 6.45) is 0. The lowest BCUT2D eigenvalue weighted by molar-refractivity contribution is 0.102. The molecular weight excluding hydrogens is 252 g/mol. The Bertz CT molecular complexity index is 660. The molecule has 20 heavy (non-hydrogen) atoms. The van der Waals surface area contributed by atoms with E-state index in [1.165, 1.54) is 0 Å². The van der Waals surface area contributed by atoms with Crippen molar-refractivity contribution >= 4 is 23.2 Å². The van der Waals surface area contributed by atoms with Crippen LogP contribution in [0.25, 0.3) is 0 Å². The Labute approximate surface area is 117 Å². The number of para-hydroxylation sites is 1. The minimum absolute atomic E-state index is 0.0403. The van der Waals surface area contributed by atoms with Gasteiger partial charge in [-0.3, -0.25) is 4.79 Å². The Hall–Kier alpha value is -2.82. The minimum Gasteiger partial charge on any atom is -0.370 e. The van der Waals surface area contributed by atoms with Crippen LogP contribution in [0.15, 0.2) is 53.5 Å². The smallest absolute Gasteiger partial charge is 0.255 e. The molecule has 0 aliphatic heterocycles. The lowest BCUT2D eigenvalue weighted by Crippen LogP contribution is -2.22. The number of carbonyl (C=O) groups excluding carboxylic acids is 1. The van der Waals surface area contributed by atoms with Crippen LogP contribution in [0.4, 0.5) is 11.4 Å². The first-order chi connectivity index (χ1) is 9.56. The molecule has 5 N–H and O–H groups in total. The van der Waals surface area contributed by atoms with Crippen LogP contribution in [0.3, 0.4) is 0 Å². The molecule has 5 nitrogen and oxygen atoms in total. The first-order valence-corrected chi connectivity index (χ1v) is 6.13. The van der Waals surface area contributed by atoms with E-state index in [1.807, 2.05) is 31.2 Å². The maximum Gasteiger partial charge on any atom is 0.255 e. The third-order valence-corrected chi connectivity index (χ3v) is 2.76. The van der Waals surface area contributed by atoms with Crippen LogP contribution in [0, 0.1) is 6.92 Å². The van der Waals surface area contributed by atoms with E-state index in [4.69, 9.17) is 11.5 Å². The molecule has 0 saturated carbocycles. The summed E-state index contributed by atoms with van der Waals surface area (Å²) in [5.41, 5.74) is 13.5. The Morgan fingerprint density at radius 1 is 1.10 bits per heavy atom. The number of hydrogen-bond acceptors (Lipinski definition) is 2. The molecule has 2 aromatic carbocycles. The van der Waals surface area contributed by atoms with E-state index in [-0.39, 0.29) is 11.9 Å². The molecule has 0 heterocycles. The van der Waals surface area contributed by atoms with Crippen molar-refractivity contribution in [2.75, 3.05) is 5.32 Å². The molecule has 0 unspecified atom stereocenters. The maximum atomic E-state index is 12.2. The highest BCUT2D eigenvalue weighted by molar-refractivity contribution is 6.05. The number of nitrogens with two attached hydrogens (primary N) is 2. The highest BCUT2D eigenvalue weighted by Crippen LogP contribution is 2.17. The summed E-state index contributed by atoms with van der Waals surface area (Å²) in [6.45, 7) is 1.94. The molecule has 2 aromatic rings. The van der Waals surface area contributed by atoms with Gasteiger partial charge in [0.1, 0.15) is 0 Å². The molecule has 0 fully saturated rings. The number of rotatable bonds is 3. The van der Waals surface area contributed by atoms with Crippen LogP contribution in [-0.2, 0) is 0 Å². The number of aryl methyl sites for hydroxylation is 1. The summed E-state index contributed by atoms with van der Waals surface area (Å²) in [4.78, 5) is 16.1. The van der Waals surface area contributed by atoms with E-state index >= 15 is 0 Å². The molecule has 102 valence electrons. The van der Waals surface area contributed by atoms with E-state index in [9.17, 15) is 4.79 Å². The number of aliphatic imine (C=N–C) groups is 1. The van der Waals surface area contributed by atoms with Crippen LogP contribution >= 0.6 is 0 Å². The fraction of sp³-hybridized carbons (Fsp3) is 0.0667. The van der Waals surface area contributed by atoms with Gasteiger partial charge in [-0.2, -0.15) is 0 Å². The molecular formula is C15H16N4O. The van der Waals surface area contributed by atoms with Gasteiger partial charge in [0, 0.05) is 11.3 Å². The largest absolute Gasteiger partial charge is 0.370 e. The predicted molar refractivity (Wildman–Crippen MR) is 81.0 cm³/mol. The minimum atomic E-state index is -0.202. The first kappa shape index (κ1) is 13.6. The van der Waals surface area contributed by atoms with E-state index in [2.05, 4.69) is 10.3 Å². The average Bonchev–Trinajstić information content (AvgIpc) is 2.41. The molecule has 5 heteroatoms. The van der Waals surface area contributed by atoms with Gasteiger partial charge in [-0.1, -0.05) is 24.3 Å². The zero-order valence-corrected chi connectivity index (χ0v) is 11.1. The van der Waals surface area contributed by atoms with Gasteiger partial charge < -0.3 is 16.8 Å².